The number of ether oxygens (including phenoxy) is 1. The first-order valence-electron chi connectivity index (χ1n) is 16.7. The number of primary amides is 1. The smallest absolute Gasteiger partial charge is 0.407 e. The number of nitrogens with two attached hydrogens (primary N) is 1. The van der Waals surface area contributed by atoms with Crippen LogP contribution >= 0.6 is 21.6 Å². The van der Waals surface area contributed by atoms with Gasteiger partial charge in [0.05, 0.1) is 13.0 Å². The molecule has 18 heteroatoms. The second-order valence-corrected chi connectivity index (χ2v) is 16.4. The molecule has 0 aliphatic heterocycles. The van der Waals surface area contributed by atoms with Crippen molar-refractivity contribution in [2.24, 2.45) is 5.73 Å². The standard InChI is InChI=1S/C35H46N6O10S2/c1-18(30(46)39-25(14-28(43)44)32(48)37-19(2)31(47)40-26(15-42)29(36)45)38-33(49)27(17-52-53-35(3,4)5)41-34(50)51-16-24-22-12-8-6-10-20(22)21-11-7-9-13-23(21)24/h6-13,18-19,24-27,42H,14-17H2,1-5H3,(H2,36,45)(H,37,48)(H,38,49)(H,39,46)(H,40,47)(H,41,50)(H,43,44)/t18-,19-,25-,26-,27-/m0/s1. The fraction of sp³-hybridized carbons (Fsp3) is 0.457. The van der Waals surface area contributed by atoms with Crippen LogP contribution in [0.2, 0.25) is 0 Å². The number of rotatable bonds is 18. The summed E-state index contributed by atoms with van der Waals surface area (Å²) in [4.78, 5) is 87.9. The number of aliphatic hydroxyl groups is 1. The maximum absolute atomic E-state index is 13.5. The number of fused-ring (bicyclic) bond motifs is 3. The molecule has 16 nitrogen and oxygen atoms in total. The van der Waals surface area contributed by atoms with Crippen LogP contribution in [0.5, 0.6) is 0 Å². The maximum atomic E-state index is 13.5. The van der Waals surface area contributed by atoms with Crippen LogP contribution in [0.3, 0.4) is 0 Å². The van der Waals surface area contributed by atoms with Gasteiger partial charge in [0.1, 0.15) is 36.8 Å². The Morgan fingerprint density at radius 1 is 0.755 bits per heavy atom. The molecular formula is C35H46N6O10S2. The van der Waals surface area contributed by atoms with Crippen molar-refractivity contribution >= 4 is 63.2 Å². The van der Waals surface area contributed by atoms with Crippen molar-refractivity contribution < 1.29 is 48.5 Å². The Kier molecular flexibility index (Phi) is 15.5. The number of benzene rings is 2. The fourth-order valence-corrected chi connectivity index (χ4v) is 7.65. The van der Waals surface area contributed by atoms with E-state index in [1.54, 1.807) is 0 Å². The van der Waals surface area contributed by atoms with Crippen LogP contribution < -0.4 is 32.3 Å². The van der Waals surface area contributed by atoms with Gasteiger partial charge in [-0.05, 0) is 36.1 Å². The van der Waals surface area contributed by atoms with Crippen LogP contribution in [-0.2, 0) is 33.5 Å². The molecule has 9 N–H and O–H groups in total. The molecule has 53 heavy (non-hydrogen) atoms. The number of carboxylic acids is 1. The molecule has 0 unspecified atom stereocenters. The first-order valence-corrected chi connectivity index (χ1v) is 19.0. The monoisotopic (exact) mass is 774 g/mol. The van der Waals surface area contributed by atoms with Crippen molar-refractivity contribution in [3.63, 3.8) is 0 Å². The number of carbonyl (C=O) groups excluding carboxylic acids is 6. The number of amides is 6. The number of hydrogen-bond donors (Lipinski definition) is 8. The molecule has 0 aromatic heterocycles. The Labute approximate surface area is 314 Å². The van der Waals surface area contributed by atoms with E-state index in [0.717, 1.165) is 22.3 Å². The van der Waals surface area contributed by atoms with Gasteiger partial charge < -0.3 is 47.3 Å². The highest BCUT2D eigenvalue weighted by molar-refractivity contribution is 8.77. The minimum absolute atomic E-state index is 0.0113. The summed E-state index contributed by atoms with van der Waals surface area (Å²) in [7, 11) is 2.81. The van der Waals surface area contributed by atoms with Crippen molar-refractivity contribution in [2.75, 3.05) is 19.0 Å². The molecule has 0 bridgehead atoms. The lowest BCUT2D eigenvalue weighted by Gasteiger charge is -2.24. The SMILES string of the molecule is C[C@H](NC(=O)[C@H](CSSC(C)(C)C)NC(=O)OCC1c2ccccc2-c2ccccc21)C(=O)N[C@@H](CC(=O)O)C(=O)N[C@@H](C)C(=O)N[C@@H](CO)C(N)=O. The van der Waals surface area contributed by atoms with E-state index in [9.17, 15) is 43.8 Å². The minimum atomic E-state index is -1.67. The van der Waals surface area contributed by atoms with E-state index in [0.29, 0.717) is 0 Å². The average molecular weight is 775 g/mol. The maximum Gasteiger partial charge on any atom is 0.407 e. The van der Waals surface area contributed by atoms with E-state index < -0.39 is 84.8 Å². The summed E-state index contributed by atoms with van der Waals surface area (Å²) >= 11 is 0. The first-order chi connectivity index (χ1) is 24.9. The van der Waals surface area contributed by atoms with E-state index in [-0.39, 0.29) is 23.0 Å². The molecule has 288 valence electrons. The highest BCUT2D eigenvalue weighted by atomic mass is 33.1. The average Bonchev–Trinajstić information content (AvgIpc) is 3.41. The lowest BCUT2D eigenvalue weighted by Crippen LogP contribution is -2.58. The Morgan fingerprint density at radius 2 is 1.25 bits per heavy atom. The molecule has 1 aliphatic rings. The molecule has 0 saturated heterocycles. The second-order valence-electron chi connectivity index (χ2n) is 13.3. The summed E-state index contributed by atoms with van der Waals surface area (Å²) in [5.41, 5.74) is 9.22. The van der Waals surface area contributed by atoms with Crippen molar-refractivity contribution in [3.8, 4) is 11.1 Å². The van der Waals surface area contributed by atoms with Crippen LogP contribution in [0.4, 0.5) is 4.79 Å². The summed E-state index contributed by atoms with van der Waals surface area (Å²) in [6.45, 7) is 7.69. The van der Waals surface area contributed by atoms with Crippen LogP contribution in [0.15, 0.2) is 48.5 Å². The van der Waals surface area contributed by atoms with Gasteiger partial charge in [-0.15, -0.1) is 0 Å². The Morgan fingerprint density at radius 3 is 1.72 bits per heavy atom. The largest absolute Gasteiger partial charge is 0.481 e. The van der Waals surface area contributed by atoms with Crippen molar-refractivity contribution in [1.29, 1.82) is 0 Å². The summed E-state index contributed by atoms with van der Waals surface area (Å²) in [6.07, 6.45) is -1.72. The zero-order valence-corrected chi connectivity index (χ0v) is 31.6. The van der Waals surface area contributed by atoms with E-state index in [1.165, 1.54) is 35.4 Å². The zero-order chi connectivity index (χ0) is 39.5. The molecule has 2 aromatic rings. The van der Waals surface area contributed by atoms with Gasteiger partial charge in [-0.1, -0.05) is 90.9 Å². The number of carboxylic acid groups (broad SMARTS) is 1. The molecule has 0 spiro atoms. The van der Waals surface area contributed by atoms with E-state index in [1.807, 2.05) is 69.3 Å². The van der Waals surface area contributed by atoms with Gasteiger partial charge in [0.2, 0.25) is 29.5 Å². The van der Waals surface area contributed by atoms with E-state index in [4.69, 9.17) is 10.5 Å². The molecule has 0 saturated carbocycles. The number of aliphatic hydroxyl groups excluding tert-OH is 1. The van der Waals surface area contributed by atoms with Gasteiger partial charge >= 0.3 is 12.1 Å². The number of carbonyl (C=O) groups is 7. The summed E-state index contributed by atoms with van der Waals surface area (Å²) in [6, 6.07) is 8.80. The lowest BCUT2D eigenvalue weighted by atomic mass is 9.98. The van der Waals surface area contributed by atoms with Gasteiger partial charge in [0.25, 0.3) is 0 Å². The van der Waals surface area contributed by atoms with Crippen molar-refractivity contribution in [2.45, 2.75) is 81.9 Å². The van der Waals surface area contributed by atoms with Gasteiger partial charge in [-0.3, -0.25) is 28.8 Å². The highest BCUT2D eigenvalue weighted by Crippen LogP contribution is 2.44. The van der Waals surface area contributed by atoms with E-state index in [2.05, 4.69) is 26.6 Å². The quantitative estimate of drug-likeness (QED) is 0.0988. The first kappa shape index (κ1) is 42.6. The molecule has 3 rings (SSSR count). The summed E-state index contributed by atoms with van der Waals surface area (Å²) < 4.78 is 5.46. The fourth-order valence-electron chi connectivity index (χ4n) is 5.19. The zero-order valence-electron chi connectivity index (χ0n) is 30.0. The third kappa shape index (κ3) is 12.7. The second kappa shape index (κ2) is 19.3. The molecule has 0 radical (unpaired) electrons. The highest BCUT2D eigenvalue weighted by Gasteiger charge is 2.33. The van der Waals surface area contributed by atoms with Crippen molar-refractivity contribution in [3.05, 3.63) is 59.7 Å². The van der Waals surface area contributed by atoms with Crippen molar-refractivity contribution in [1.82, 2.24) is 26.6 Å². The minimum Gasteiger partial charge on any atom is -0.481 e. The molecule has 6 amide bonds. The number of hydrogen-bond acceptors (Lipinski definition) is 11. The van der Waals surface area contributed by atoms with Crippen LogP contribution in [0.1, 0.15) is 58.1 Å². The number of aliphatic carboxylic acids is 1. The van der Waals surface area contributed by atoms with Gasteiger partial charge in [0.15, 0.2) is 0 Å². The molecule has 2 aromatic carbocycles. The molecular weight excluding hydrogens is 729 g/mol. The Balaban J connectivity index is 1.65. The van der Waals surface area contributed by atoms with Crippen LogP contribution in [0, 0.1) is 0 Å². The van der Waals surface area contributed by atoms with Gasteiger partial charge in [0, 0.05) is 16.4 Å². The normalized spacial score (nSPS) is 14.9. The number of nitrogens with one attached hydrogen (secondary N) is 5. The lowest BCUT2D eigenvalue weighted by molar-refractivity contribution is -0.141. The third-order valence-electron chi connectivity index (χ3n) is 7.85. The predicted molar refractivity (Wildman–Crippen MR) is 199 cm³/mol. The predicted octanol–water partition coefficient (Wildman–Crippen LogP) is 1.00. The third-order valence-corrected chi connectivity index (χ3v) is 11.2. The van der Waals surface area contributed by atoms with Crippen LogP contribution in [-0.4, -0.2) is 106 Å². The summed E-state index contributed by atoms with van der Waals surface area (Å²) in [5.74, 6) is -6.20. The molecule has 0 heterocycles. The Bertz CT molecular complexity index is 1640. The number of alkyl carbamates (subject to hydrolysis) is 1. The molecule has 0 fully saturated rings. The van der Waals surface area contributed by atoms with Gasteiger partial charge in [-0.2, -0.15) is 0 Å². The topological polar surface area (TPSA) is 255 Å². The van der Waals surface area contributed by atoms with Crippen LogP contribution in [0.25, 0.3) is 11.1 Å². The summed E-state index contributed by atoms with van der Waals surface area (Å²) in [5, 5.41) is 30.3. The molecule has 1 aliphatic carbocycles. The molecule has 5 atom stereocenters. The Hall–Kier alpha value is -4.81. The van der Waals surface area contributed by atoms with E-state index >= 15 is 0 Å². The van der Waals surface area contributed by atoms with Gasteiger partial charge in [-0.25, -0.2) is 4.79 Å².